The number of carbonyl (C=O) groups excluding carboxylic acids is 1. The number of nitrogens with one attached hydrogen (secondary N) is 1. The van der Waals surface area contributed by atoms with Crippen LogP contribution in [0.1, 0.15) is 30.0 Å². The van der Waals surface area contributed by atoms with E-state index in [9.17, 15) is 9.59 Å². The number of benzene rings is 1. The first-order valence-electron chi connectivity index (χ1n) is 8.73. The fourth-order valence-electron chi connectivity index (χ4n) is 3.35. The van der Waals surface area contributed by atoms with Gasteiger partial charge in [-0.05, 0) is 18.4 Å². The average molecular weight is 352 g/mol. The van der Waals surface area contributed by atoms with Gasteiger partial charge in [-0.15, -0.1) is 0 Å². The summed E-state index contributed by atoms with van der Waals surface area (Å²) in [6.07, 6.45) is 3.12. The van der Waals surface area contributed by atoms with Crippen molar-refractivity contribution in [2.45, 2.75) is 25.4 Å². The maximum atomic E-state index is 12.4. The molecule has 1 aliphatic heterocycles. The third-order valence-electron chi connectivity index (χ3n) is 4.70. The van der Waals surface area contributed by atoms with E-state index in [4.69, 9.17) is 4.74 Å². The molecule has 1 saturated heterocycles. The molecule has 1 amide bonds. The maximum absolute atomic E-state index is 12.4. The number of fused-ring (bicyclic) bond motifs is 1. The Morgan fingerprint density at radius 3 is 2.96 bits per heavy atom. The minimum absolute atomic E-state index is 0.0422. The molecule has 1 aromatic carbocycles. The van der Waals surface area contributed by atoms with Gasteiger partial charge < -0.3 is 9.64 Å². The number of H-pyrrole nitrogens is 1. The molecule has 7 nitrogen and oxygen atoms in total. The number of piperidine rings is 1. The maximum Gasteiger partial charge on any atom is 0.410 e. The van der Waals surface area contributed by atoms with E-state index in [1.54, 1.807) is 23.2 Å². The van der Waals surface area contributed by atoms with Crippen LogP contribution in [0.3, 0.4) is 0 Å². The van der Waals surface area contributed by atoms with Crippen molar-refractivity contribution in [3.8, 4) is 0 Å². The number of likely N-dealkylation sites (tertiary alicyclic amines) is 1. The van der Waals surface area contributed by atoms with Crippen LogP contribution in [0.15, 0.2) is 53.5 Å². The topological polar surface area (TPSA) is 79.7 Å². The van der Waals surface area contributed by atoms with Crippen molar-refractivity contribution < 1.29 is 9.53 Å². The molecular weight excluding hydrogens is 332 g/mol. The highest BCUT2D eigenvalue weighted by atomic mass is 16.6. The van der Waals surface area contributed by atoms with E-state index in [0.717, 1.165) is 24.1 Å². The Labute approximate surface area is 150 Å². The highest BCUT2D eigenvalue weighted by Gasteiger charge is 2.27. The van der Waals surface area contributed by atoms with Gasteiger partial charge in [0.2, 0.25) is 0 Å². The molecule has 7 heteroatoms. The van der Waals surface area contributed by atoms with Crippen molar-refractivity contribution in [2.75, 3.05) is 13.1 Å². The molecule has 4 rings (SSSR count). The number of hydrogen-bond acceptors (Lipinski definition) is 4. The molecule has 26 heavy (non-hydrogen) atoms. The smallest absolute Gasteiger partial charge is 0.410 e. The second-order valence-electron chi connectivity index (χ2n) is 6.50. The molecule has 1 unspecified atom stereocenters. The normalized spacial score (nSPS) is 17.4. The molecule has 3 heterocycles. The minimum Gasteiger partial charge on any atom is -0.445 e. The van der Waals surface area contributed by atoms with Crippen molar-refractivity contribution in [3.63, 3.8) is 0 Å². The lowest BCUT2D eigenvalue weighted by Crippen LogP contribution is -2.39. The van der Waals surface area contributed by atoms with E-state index in [0.29, 0.717) is 18.7 Å². The summed E-state index contributed by atoms with van der Waals surface area (Å²) in [5.74, 6) is 0.0422. The summed E-state index contributed by atoms with van der Waals surface area (Å²) in [5.41, 5.74) is 2.15. The van der Waals surface area contributed by atoms with Crippen LogP contribution in [0.5, 0.6) is 0 Å². The van der Waals surface area contributed by atoms with Gasteiger partial charge in [-0.1, -0.05) is 30.3 Å². The van der Waals surface area contributed by atoms with Crippen LogP contribution in [0.25, 0.3) is 5.65 Å². The minimum atomic E-state index is -0.321. The van der Waals surface area contributed by atoms with Crippen molar-refractivity contribution in [1.82, 2.24) is 19.5 Å². The van der Waals surface area contributed by atoms with Gasteiger partial charge in [0, 0.05) is 37.3 Å². The molecule has 1 aliphatic rings. The van der Waals surface area contributed by atoms with Gasteiger partial charge in [-0.2, -0.15) is 0 Å². The molecular formula is C19H20N4O3. The van der Waals surface area contributed by atoms with Gasteiger partial charge in [0.1, 0.15) is 6.61 Å². The number of amides is 1. The summed E-state index contributed by atoms with van der Waals surface area (Å²) < 4.78 is 6.83. The summed E-state index contributed by atoms with van der Waals surface area (Å²) in [6, 6.07) is 12.9. The Hall–Kier alpha value is -3.09. The zero-order valence-corrected chi connectivity index (χ0v) is 14.3. The molecule has 0 spiro atoms. The molecule has 134 valence electrons. The van der Waals surface area contributed by atoms with E-state index >= 15 is 0 Å². The molecule has 1 N–H and O–H groups in total. The quantitative estimate of drug-likeness (QED) is 0.786. The predicted molar refractivity (Wildman–Crippen MR) is 96.0 cm³/mol. The van der Waals surface area contributed by atoms with Gasteiger partial charge in [0.25, 0.3) is 5.56 Å². The highest BCUT2D eigenvalue weighted by Crippen LogP contribution is 2.25. The lowest BCUT2D eigenvalue weighted by molar-refractivity contribution is 0.0856. The summed E-state index contributed by atoms with van der Waals surface area (Å²) in [6.45, 7) is 1.44. The van der Waals surface area contributed by atoms with Crippen LogP contribution >= 0.6 is 0 Å². The zero-order chi connectivity index (χ0) is 17.9. The molecule has 3 aromatic rings. The third kappa shape index (κ3) is 3.33. The standard InChI is InChI=1S/C19H20N4O3/c24-18-11-16(21-17-8-9-20-23(17)18)15-7-4-10-22(12-15)19(25)26-13-14-5-2-1-3-6-14/h1-3,5-6,8-9,11,15,20H,4,7,10,12-13H2. The van der Waals surface area contributed by atoms with Crippen LogP contribution in [0.2, 0.25) is 0 Å². The van der Waals surface area contributed by atoms with Crippen LogP contribution in [0.4, 0.5) is 4.79 Å². The first-order chi connectivity index (χ1) is 12.7. The second kappa shape index (κ2) is 7.03. The number of aromatic amines is 1. The van der Waals surface area contributed by atoms with E-state index in [1.807, 2.05) is 30.3 Å². The number of rotatable bonds is 3. The zero-order valence-electron chi connectivity index (χ0n) is 14.3. The van der Waals surface area contributed by atoms with Crippen LogP contribution in [0, 0.1) is 0 Å². The fourth-order valence-corrected chi connectivity index (χ4v) is 3.35. The Bertz CT molecular complexity index is 964. The Morgan fingerprint density at radius 1 is 1.27 bits per heavy atom. The van der Waals surface area contributed by atoms with Gasteiger partial charge in [0.05, 0.1) is 5.69 Å². The fraction of sp³-hybridized carbons (Fsp3) is 0.316. The number of hydrogen-bond donors (Lipinski definition) is 1. The summed E-state index contributed by atoms with van der Waals surface area (Å²) >= 11 is 0. The van der Waals surface area contributed by atoms with Crippen molar-refractivity contribution >= 4 is 11.7 Å². The molecule has 1 atom stereocenters. The Morgan fingerprint density at radius 2 is 2.12 bits per heavy atom. The van der Waals surface area contributed by atoms with Gasteiger partial charge in [0.15, 0.2) is 5.65 Å². The van der Waals surface area contributed by atoms with Crippen LogP contribution in [-0.4, -0.2) is 38.7 Å². The largest absolute Gasteiger partial charge is 0.445 e. The molecule has 0 aliphatic carbocycles. The van der Waals surface area contributed by atoms with E-state index in [-0.39, 0.29) is 24.2 Å². The van der Waals surface area contributed by atoms with E-state index in [2.05, 4.69) is 10.1 Å². The lowest BCUT2D eigenvalue weighted by atomic mass is 9.95. The monoisotopic (exact) mass is 352 g/mol. The van der Waals surface area contributed by atoms with Crippen LogP contribution < -0.4 is 5.56 Å². The molecule has 2 aromatic heterocycles. The SMILES string of the molecule is O=C(OCc1ccccc1)N1CCCC(c2cc(=O)n3[nH]ccc3n2)C1. The Balaban J connectivity index is 1.44. The summed E-state index contributed by atoms with van der Waals surface area (Å²) in [5, 5.41) is 2.83. The Kier molecular flexibility index (Phi) is 4.43. The summed E-state index contributed by atoms with van der Waals surface area (Å²) in [4.78, 5) is 30.8. The predicted octanol–water partition coefficient (Wildman–Crippen LogP) is 2.54. The van der Waals surface area contributed by atoms with E-state index in [1.165, 1.54) is 4.52 Å². The van der Waals surface area contributed by atoms with Crippen molar-refractivity contribution in [1.29, 1.82) is 0 Å². The number of aromatic nitrogens is 3. The van der Waals surface area contributed by atoms with Crippen LogP contribution in [-0.2, 0) is 11.3 Å². The molecule has 0 radical (unpaired) electrons. The van der Waals surface area contributed by atoms with Gasteiger partial charge in [-0.3, -0.25) is 9.89 Å². The number of ether oxygens (including phenoxy) is 1. The summed E-state index contributed by atoms with van der Waals surface area (Å²) in [7, 11) is 0. The van der Waals surface area contributed by atoms with Crippen molar-refractivity contribution in [2.24, 2.45) is 0 Å². The molecule has 0 bridgehead atoms. The first kappa shape index (κ1) is 16.4. The van der Waals surface area contributed by atoms with Gasteiger partial charge in [-0.25, -0.2) is 14.3 Å². The first-order valence-corrected chi connectivity index (χ1v) is 8.73. The third-order valence-corrected chi connectivity index (χ3v) is 4.70. The van der Waals surface area contributed by atoms with Crippen molar-refractivity contribution in [3.05, 3.63) is 70.3 Å². The molecule has 1 fully saturated rings. The number of carbonyl (C=O) groups is 1. The average Bonchev–Trinajstić information content (AvgIpc) is 3.16. The molecule has 0 saturated carbocycles. The highest BCUT2D eigenvalue weighted by molar-refractivity contribution is 5.67. The number of nitrogens with zero attached hydrogens (tertiary/aromatic N) is 3. The van der Waals surface area contributed by atoms with Gasteiger partial charge >= 0.3 is 6.09 Å². The van der Waals surface area contributed by atoms with E-state index < -0.39 is 0 Å². The lowest BCUT2D eigenvalue weighted by Gasteiger charge is -2.31. The second-order valence-corrected chi connectivity index (χ2v) is 6.50.